The lowest BCUT2D eigenvalue weighted by atomic mass is 9.96. The van der Waals surface area contributed by atoms with E-state index in [1.54, 1.807) is 7.11 Å². The molecule has 0 saturated carbocycles. The van der Waals surface area contributed by atoms with Crippen LogP contribution < -0.4 is 0 Å². The van der Waals surface area contributed by atoms with Crippen LogP contribution in [0.3, 0.4) is 0 Å². The van der Waals surface area contributed by atoms with Gasteiger partial charge in [-0.15, -0.1) is 0 Å². The Hall–Kier alpha value is -0.0800. The van der Waals surface area contributed by atoms with Crippen molar-refractivity contribution in [1.82, 2.24) is 0 Å². The summed E-state index contributed by atoms with van der Waals surface area (Å²) in [5.74, 6) is 0.940. The van der Waals surface area contributed by atoms with Gasteiger partial charge in [0.2, 0.25) is 0 Å². The van der Waals surface area contributed by atoms with Gasteiger partial charge in [0.25, 0.3) is 0 Å². The summed E-state index contributed by atoms with van der Waals surface area (Å²) in [6.07, 6.45) is 3.17. The van der Waals surface area contributed by atoms with Crippen LogP contribution in [0.15, 0.2) is 0 Å². The van der Waals surface area contributed by atoms with Crippen LogP contribution in [0.5, 0.6) is 0 Å². The zero-order chi connectivity index (χ0) is 8.69. The van der Waals surface area contributed by atoms with Gasteiger partial charge in [0.15, 0.2) is 0 Å². The molecule has 0 aromatic rings. The lowest BCUT2D eigenvalue weighted by Gasteiger charge is -2.13. The third kappa shape index (κ3) is 6.32. The van der Waals surface area contributed by atoms with Crippen molar-refractivity contribution in [2.45, 2.75) is 20.3 Å². The Kier molecular flexibility index (Phi) is 6.57. The average Bonchev–Trinajstić information content (AvgIpc) is 2.00. The summed E-state index contributed by atoms with van der Waals surface area (Å²) in [5.41, 5.74) is 0. The van der Waals surface area contributed by atoms with E-state index in [0.29, 0.717) is 18.4 Å². The third-order valence-corrected chi connectivity index (χ3v) is 1.75. The van der Waals surface area contributed by atoms with Crippen LogP contribution in [-0.2, 0) is 4.74 Å². The summed E-state index contributed by atoms with van der Waals surface area (Å²) in [5, 5.41) is 8.76. The molecule has 67 valence electrons. The molecule has 2 atom stereocenters. The molecule has 0 aromatic carbocycles. The van der Waals surface area contributed by atoms with Gasteiger partial charge in [-0.3, -0.25) is 0 Å². The molecule has 0 spiro atoms. The van der Waals surface area contributed by atoms with Crippen LogP contribution in [-0.4, -0.2) is 25.4 Å². The maximum atomic E-state index is 8.76. The van der Waals surface area contributed by atoms with Crippen LogP contribution in [0.2, 0.25) is 0 Å². The second-order valence-corrected chi connectivity index (χ2v) is 3.19. The number of hydrogen-bond donors (Lipinski definition) is 1. The van der Waals surface area contributed by atoms with Crippen molar-refractivity contribution in [3.8, 4) is 0 Å². The highest BCUT2D eigenvalue weighted by Gasteiger charge is 2.07. The number of aliphatic hydroxyl groups excluding tert-OH is 1. The highest BCUT2D eigenvalue weighted by Crippen LogP contribution is 2.13. The summed E-state index contributed by atoms with van der Waals surface area (Å²) >= 11 is 0. The average molecular weight is 159 g/mol. The van der Waals surface area contributed by atoms with E-state index in [0.717, 1.165) is 6.42 Å². The van der Waals surface area contributed by atoms with Gasteiger partial charge in [-0.1, -0.05) is 13.8 Å². The number of aliphatic hydroxyl groups is 1. The number of methoxy groups -OCH3 is 1. The van der Waals surface area contributed by atoms with Crippen molar-refractivity contribution in [3.63, 3.8) is 0 Å². The fourth-order valence-electron chi connectivity index (χ4n) is 1.07. The molecule has 11 heavy (non-hydrogen) atoms. The zero-order valence-electron chi connectivity index (χ0n) is 7.71. The molecule has 1 N–H and O–H groups in total. The Morgan fingerprint density at radius 1 is 1.45 bits per heavy atom. The quantitative estimate of drug-likeness (QED) is 0.636. The summed E-state index contributed by atoms with van der Waals surface area (Å²) in [6.45, 7) is 5.19. The Morgan fingerprint density at radius 2 is 2.09 bits per heavy atom. The molecular formula is C9H19O2. The molecule has 1 radical (unpaired) electrons. The van der Waals surface area contributed by atoms with Gasteiger partial charge in [-0.05, 0) is 24.7 Å². The first-order valence-electron chi connectivity index (χ1n) is 4.13. The predicted octanol–water partition coefficient (Wildman–Crippen LogP) is 1.49. The molecule has 0 heterocycles. The largest absolute Gasteiger partial charge is 0.396 e. The van der Waals surface area contributed by atoms with Crippen molar-refractivity contribution in [2.24, 2.45) is 11.8 Å². The van der Waals surface area contributed by atoms with Crippen molar-refractivity contribution >= 4 is 0 Å². The van der Waals surface area contributed by atoms with E-state index in [1.807, 2.05) is 0 Å². The van der Waals surface area contributed by atoms with E-state index < -0.39 is 0 Å². The number of hydrogen-bond acceptors (Lipinski definition) is 2. The molecule has 0 rings (SSSR count). The molecular weight excluding hydrogens is 140 g/mol. The van der Waals surface area contributed by atoms with Crippen LogP contribution in [0.1, 0.15) is 20.3 Å². The van der Waals surface area contributed by atoms with Crippen molar-refractivity contribution < 1.29 is 9.84 Å². The van der Waals surface area contributed by atoms with Crippen LogP contribution in [0.25, 0.3) is 0 Å². The Morgan fingerprint density at radius 3 is 2.55 bits per heavy atom. The molecule has 2 heteroatoms. The fourth-order valence-corrected chi connectivity index (χ4v) is 1.07. The maximum absolute atomic E-state index is 8.76. The molecule has 0 aliphatic rings. The molecule has 0 fully saturated rings. The lowest BCUT2D eigenvalue weighted by molar-refractivity contribution is 0.196. The SMILES string of the molecule is COC[CH]C(C)CC(C)CO. The zero-order valence-corrected chi connectivity index (χ0v) is 7.71. The number of rotatable bonds is 6. The van der Waals surface area contributed by atoms with Crippen molar-refractivity contribution in [3.05, 3.63) is 6.42 Å². The van der Waals surface area contributed by atoms with Crippen LogP contribution in [0, 0.1) is 18.3 Å². The van der Waals surface area contributed by atoms with Gasteiger partial charge in [0, 0.05) is 20.3 Å². The molecule has 0 bridgehead atoms. The molecule has 0 aromatic heterocycles. The van der Waals surface area contributed by atoms with E-state index >= 15 is 0 Å². The van der Waals surface area contributed by atoms with E-state index in [4.69, 9.17) is 9.84 Å². The van der Waals surface area contributed by atoms with Gasteiger partial charge < -0.3 is 9.84 Å². The molecule has 0 aliphatic heterocycles. The smallest absolute Gasteiger partial charge is 0.0496 e. The van der Waals surface area contributed by atoms with Crippen molar-refractivity contribution in [1.29, 1.82) is 0 Å². The summed E-state index contributed by atoms with van der Waals surface area (Å²) < 4.78 is 4.91. The van der Waals surface area contributed by atoms with E-state index in [2.05, 4.69) is 20.3 Å². The van der Waals surface area contributed by atoms with E-state index in [1.165, 1.54) is 0 Å². The van der Waals surface area contributed by atoms with Gasteiger partial charge >= 0.3 is 0 Å². The van der Waals surface area contributed by atoms with Gasteiger partial charge in [0.1, 0.15) is 0 Å². The molecule has 0 aliphatic carbocycles. The van der Waals surface area contributed by atoms with Crippen LogP contribution >= 0.6 is 0 Å². The standard InChI is InChI=1S/C9H19O2/c1-8(4-5-11-3)6-9(2)7-10/h4,8-10H,5-7H2,1-3H3. The van der Waals surface area contributed by atoms with Crippen LogP contribution in [0.4, 0.5) is 0 Å². The normalized spacial score (nSPS) is 16.4. The highest BCUT2D eigenvalue weighted by molar-refractivity contribution is 4.73. The predicted molar refractivity (Wildman–Crippen MR) is 46.2 cm³/mol. The summed E-state index contributed by atoms with van der Waals surface area (Å²) in [7, 11) is 1.69. The Bertz CT molecular complexity index is 83.6. The molecule has 0 saturated heterocycles. The van der Waals surface area contributed by atoms with E-state index in [9.17, 15) is 0 Å². The Labute approximate surface area is 69.6 Å². The first kappa shape index (κ1) is 10.9. The van der Waals surface area contributed by atoms with Gasteiger partial charge in [-0.25, -0.2) is 0 Å². The van der Waals surface area contributed by atoms with E-state index in [-0.39, 0.29) is 6.61 Å². The van der Waals surface area contributed by atoms with Crippen molar-refractivity contribution in [2.75, 3.05) is 20.3 Å². The fraction of sp³-hybridized carbons (Fsp3) is 0.889. The monoisotopic (exact) mass is 159 g/mol. The molecule has 2 nitrogen and oxygen atoms in total. The summed E-state index contributed by atoms with van der Waals surface area (Å²) in [6, 6.07) is 0. The van der Waals surface area contributed by atoms with Gasteiger partial charge in [-0.2, -0.15) is 0 Å². The first-order chi connectivity index (χ1) is 5.20. The number of ether oxygens (including phenoxy) is 1. The third-order valence-electron chi connectivity index (χ3n) is 1.75. The lowest BCUT2D eigenvalue weighted by Crippen LogP contribution is -2.09. The first-order valence-corrected chi connectivity index (χ1v) is 4.13. The second kappa shape index (κ2) is 6.62. The summed E-state index contributed by atoms with van der Waals surface area (Å²) in [4.78, 5) is 0. The maximum Gasteiger partial charge on any atom is 0.0496 e. The second-order valence-electron chi connectivity index (χ2n) is 3.19. The molecule has 0 amide bonds. The molecule has 2 unspecified atom stereocenters. The minimum Gasteiger partial charge on any atom is -0.396 e. The minimum atomic E-state index is 0.283. The minimum absolute atomic E-state index is 0.283. The highest BCUT2D eigenvalue weighted by atomic mass is 16.5. The topological polar surface area (TPSA) is 29.5 Å². The Balaban J connectivity index is 3.27. The van der Waals surface area contributed by atoms with Gasteiger partial charge in [0.05, 0.1) is 0 Å².